The maximum atomic E-state index is 8.65. The zero-order chi connectivity index (χ0) is 14.4. The van der Waals surface area contributed by atoms with Gasteiger partial charge in [0.1, 0.15) is 10.6 Å². The van der Waals surface area contributed by atoms with Gasteiger partial charge in [-0.3, -0.25) is 0 Å². The van der Waals surface area contributed by atoms with Gasteiger partial charge >= 0.3 is 0 Å². The number of ether oxygens (including phenoxy) is 1. The second-order valence-corrected chi connectivity index (χ2v) is 5.50. The van der Waals surface area contributed by atoms with Crippen molar-refractivity contribution in [2.75, 3.05) is 43.5 Å². The molecule has 0 atom stereocenters. The first-order valence-corrected chi connectivity index (χ1v) is 7.50. The van der Waals surface area contributed by atoms with Gasteiger partial charge in [-0.05, 0) is 19.9 Å². The van der Waals surface area contributed by atoms with Crippen LogP contribution in [0.5, 0.6) is 0 Å². The maximum Gasteiger partial charge on any atom is 0.226 e. The molecule has 6 nitrogen and oxygen atoms in total. The van der Waals surface area contributed by atoms with Gasteiger partial charge in [-0.2, -0.15) is 4.98 Å². The van der Waals surface area contributed by atoms with Crippen LogP contribution in [0.2, 0.25) is 0 Å². The van der Waals surface area contributed by atoms with E-state index >= 15 is 0 Å². The van der Waals surface area contributed by atoms with E-state index in [1.807, 2.05) is 6.92 Å². The molecule has 2 rings (SSSR count). The number of aryl methyl sites for hydroxylation is 1. The molecule has 0 aliphatic rings. The van der Waals surface area contributed by atoms with E-state index < -0.39 is 0 Å². The van der Waals surface area contributed by atoms with Gasteiger partial charge in [0.2, 0.25) is 5.95 Å². The molecule has 0 radical (unpaired) electrons. The van der Waals surface area contributed by atoms with Gasteiger partial charge in [0, 0.05) is 18.0 Å². The SMILES string of the molecule is CCNc1nc(NCCOCCO)c2cc(C)sc2n1. The molecule has 7 heteroatoms. The van der Waals surface area contributed by atoms with E-state index in [0.29, 0.717) is 25.7 Å². The molecule has 0 aliphatic carbocycles. The molecule has 0 fully saturated rings. The van der Waals surface area contributed by atoms with Crippen molar-refractivity contribution in [2.24, 2.45) is 0 Å². The third-order valence-electron chi connectivity index (χ3n) is 2.63. The van der Waals surface area contributed by atoms with E-state index in [1.54, 1.807) is 11.3 Å². The Morgan fingerprint density at radius 1 is 1.30 bits per heavy atom. The monoisotopic (exact) mass is 296 g/mol. The number of thiophene rings is 1. The standard InChI is InChI=1S/C13H20N4O2S/c1-3-14-13-16-11(15-4-6-19-7-5-18)10-8-9(2)20-12(10)17-13/h8,18H,3-7H2,1-2H3,(H2,14,15,16,17). The second-order valence-electron chi connectivity index (χ2n) is 4.26. The van der Waals surface area contributed by atoms with Gasteiger partial charge in [0.05, 0.1) is 25.2 Å². The lowest BCUT2D eigenvalue weighted by Gasteiger charge is -2.09. The number of hydrogen-bond acceptors (Lipinski definition) is 7. The summed E-state index contributed by atoms with van der Waals surface area (Å²) in [5, 5.41) is 16.1. The first-order chi connectivity index (χ1) is 9.74. The first kappa shape index (κ1) is 15.0. The lowest BCUT2D eigenvalue weighted by molar-refractivity contribution is 0.0992. The minimum atomic E-state index is 0.0477. The summed E-state index contributed by atoms with van der Waals surface area (Å²) in [5.74, 6) is 1.46. The molecular formula is C13H20N4O2S. The summed E-state index contributed by atoms with van der Waals surface area (Å²) < 4.78 is 5.23. The molecule has 0 saturated carbocycles. The van der Waals surface area contributed by atoms with Gasteiger partial charge in [0.15, 0.2) is 0 Å². The van der Waals surface area contributed by atoms with Crippen molar-refractivity contribution in [3.05, 3.63) is 10.9 Å². The number of fused-ring (bicyclic) bond motifs is 1. The fraction of sp³-hybridized carbons (Fsp3) is 0.538. The predicted octanol–water partition coefficient (Wildman–Crippen LogP) is 1.85. The van der Waals surface area contributed by atoms with Crippen molar-refractivity contribution >= 4 is 33.3 Å². The van der Waals surface area contributed by atoms with Crippen LogP contribution in [0.15, 0.2) is 6.07 Å². The molecule has 2 heterocycles. The van der Waals surface area contributed by atoms with Gasteiger partial charge in [-0.1, -0.05) is 0 Å². The van der Waals surface area contributed by atoms with Crippen LogP contribution >= 0.6 is 11.3 Å². The minimum absolute atomic E-state index is 0.0477. The molecule has 0 spiro atoms. The van der Waals surface area contributed by atoms with Gasteiger partial charge in [-0.15, -0.1) is 11.3 Å². The van der Waals surface area contributed by atoms with Crippen LogP contribution in [0.3, 0.4) is 0 Å². The van der Waals surface area contributed by atoms with Crippen LogP contribution in [-0.2, 0) is 4.74 Å². The van der Waals surface area contributed by atoms with E-state index in [4.69, 9.17) is 9.84 Å². The molecule has 0 saturated heterocycles. The molecule has 0 aliphatic heterocycles. The minimum Gasteiger partial charge on any atom is -0.394 e. The first-order valence-electron chi connectivity index (χ1n) is 6.69. The largest absolute Gasteiger partial charge is 0.394 e. The van der Waals surface area contributed by atoms with Crippen LogP contribution in [0.25, 0.3) is 10.2 Å². The third kappa shape index (κ3) is 3.78. The number of hydrogen-bond donors (Lipinski definition) is 3. The van der Waals surface area contributed by atoms with Crippen LogP contribution in [0, 0.1) is 6.92 Å². The number of nitrogens with zero attached hydrogens (tertiary/aromatic N) is 2. The molecule has 0 aromatic carbocycles. The van der Waals surface area contributed by atoms with Crippen LogP contribution in [0.1, 0.15) is 11.8 Å². The molecule has 2 aromatic rings. The van der Waals surface area contributed by atoms with Crippen LogP contribution in [0.4, 0.5) is 11.8 Å². The van der Waals surface area contributed by atoms with E-state index in [2.05, 4.69) is 33.6 Å². The highest BCUT2D eigenvalue weighted by Gasteiger charge is 2.09. The summed E-state index contributed by atoms with van der Waals surface area (Å²) in [5.41, 5.74) is 0. The predicted molar refractivity (Wildman–Crippen MR) is 82.7 cm³/mol. The zero-order valence-electron chi connectivity index (χ0n) is 11.8. The summed E-state index contributed by atoms with van der Waals surface area (Å²) in [4.78, 5) is 11.2. The summed E-state index contributed by atoms with van der Waals surface area (Å²) in [6.45, 7) is 6.46. The Morgan fingerprint density at radius 3 is 2.90 bits per heavy atom. The number of aliphatic hydroxyl groups is 1. The summed E-state index contributed by atoms with van der Waals surface area (Å²) in [6.07, 6.45) is 0. The number of aromatic nitrogens is 2. The maximum absolute atomic E-state index is 8.65. The highest BCUT2D eigenvalue weighted by molar-refractivity contribution is 7.18. The number of anilines is 2. The zero-order valence-corrected chi connectivity index (χ0v) is 12.6. The Kier molecular flexibility index (Phi) is 5.51. The lowest BCUT2D eigenvalue weighted by Crippen LogP contribution is -2.13. The smallest absolute Gasteiger partial charge is 0.226 e. The molecule has 110 valence electrons. The number of nitrogens with one attached hydrogen (secondary N) is 2. The average molecular weight is 296 g/mol. The van der Waals surface area contributed by atoms with Gasteiger partial charge < -0.3 is 20.5 Å². The Bertz CT molecular complexity index is 559. The lowest BCUT2D eigenvalue weighted by atomic mass is 10.3. The molecule has 3 N–H and O–H groups in total. The van der Waals surface area contributed by atoms with E-state index in [9.17, 15) is 0 Å². The van der Waals surface area contributed by atoms with Gasteiger partial charge in [-0.25, -0.2) is 4.98 Å². The van der Waals surface area contributed by atoms with Crippen LogP contribution in [-0.4, -0.2) is 48.0 Å². The highest BCUT2D eigenvalue weighted by Crippen LogP contribution is 2.29. The summed E-state index contributed by atoms with van der Waals surface area (Å²) in [6, 6.07) is 2.09. The molecule has 0 amide bonds. The van der Waals surface area contributed by atoms with Crippen molar-refractivity contribution in [2.45, 2.75) is 13.8 Å². The van der Waals surface area contributed by atoms with Crippen molar-refractivity contribution < 1.29 is 9.84 Å². The van der Waals surface area contributed by atoms with Crippen LogP contribution < -0.4 is 10.6 Å². The topological polar surface area (TPSA) is 79.3 Å². The van der Waals surface area contributed by atoms with Crippen molar-refractivity contribution in [1.29, 1.82) is 0 Å². The Labute approximate surface area is 122 Å². The fourth-order valence-corrected chi connectivity index (χ4v) is 2.70. The number of aliphatic hydroxyl groups excluding tert-OH is 1. The second kappa shape index (κ2) is 7.37. The Morgan fingerprint density at radius 2 is 2.15 bits per heavy atom. The Hall–Kier alpha value is -1.44. The average Bonchev–Trinajstić information content (AvgIpc) is 2.79. The molecule has 20 heavy (non-hydrogen) atoms. The molecule has 2 aromatic heterocycles. The fourth-order valence-electron chi connectivity index (χ4n) is 1.82. The molecular weight excluding hydrogens is 276 g/mol. The van der Waals surface area contributed by atoms with E-state index in [1.165, 1.54) is 4.88 Å². The van der Waals surface area contributed by atoms with E-state index in [-0.39, 0.29) is 6.61 Å². The van der Waals surface area contributed by atoms with Gasteiger partial charge in [0.25, 0.3) is 0 Å². The Balaban J connectivity index is 2.12. The van der Waals surface area contributed by atoms with Crippen molar-refractivity contribution in [3.8, 4) is 0 Å². The highest BCUT2D eigenvalue weighted by atomic mass is 32.1. The van der Waals surface area contributed by atoms with E-state index in [0.717, 1.165) is 22.6 Å². The number of rotatable bonds is 8. The third-order valence-corrected chi connectivity index (χ3v) is 3.57. The van der Waals surface area contributed by atoms with Crippen molar-refractivity contribution in [3.63, 3.8) is 0 Å². The molecule has 0 unspecified atom stereocenters. The van der Waals surface area contributed by atoms with Crippen molar-refractivity contribution in [1.82, 2.24) is 9.97 Å². The normalized spacial score (nSPS) is 10.9. The quantitative estimate of drug-likeness (QED) is 0.645. The summed E-state index contributed by atoms with van der Waals surface area (Å²) >= 11 is 1.66. The molecule has 0 bridgehead atoms. The summed E-state index contributed by atoms with van der Waals surface area (Å²) in [7, 11) is 0.